The predicted molar refractivity (Wildman–Crippen MR) is 214 cm³/mol. The molecular weight excluding hydrogens is 743 g/mol. The van der Waals surface area contributed by atoms with Gasteiger partial charge in [-0.05, 0) is 72.6 Å². The van der Waals surface area contributed by atoms with Crippen LogP contribution < -0.4 is 26.0 Å². The molecule has 4 bridgehead atoms. The van der Waals surface area contributed by atoms with E-state index in [1.165, 1.54) is 4.90 Å². The van der Waals surface area contributed by atoms with Crippen molar-refractivity contribution in [1.29, 1.82) is 0 Å². The summed E-state index contributed by atoms with van der Waals surface area (Å²) < 4.78 is 12.0. The van der Waals surface area contributed by atoms with Crippen LogP contribution in [-0.4, -0.2) is 85.0 Å². The highest BCUT2D eigenvalue weighted by molar-refractivity contribution is 6.38. The lowest BCUT2D eigenvalue weighted by Gasteiger charge is -2.31. The summed E-state index contributed by atoms with van der Waals surface area (Å²) in [4.78, 5) is 95.3. The molecule has 2 aliphatic heterocycles. The number of benzene rings is 3. The van der Waals surface area contributed by atoms with Gasteiger partial charge in [-0.2, -0.15) is 0 Å². The minimum Gasteiger partial charge on any atom is -0.457 e. The fourth-order valence-electron chi connectivity index (χ4n) is 7.18. The number of likely N-dealkylation sites (N-methyl/N-ethyl adjacent to an activating group) is 1. The van der Waals surface area contributed by atoms with Gasteiger partial charge in [0, 0.05) is 26.9 Å². The Balaban J connectivity index is 1.33. The van der Waals surface area contributed by atoms with Crippen LogP contribution in [0, 0.1) is 5.92 Å². The molecule has 308 valence electrons. The number of ketones is 1. The van der Waals surface area contributed by atoms with Crippen LogP contribution in [-0.2, 0) is 51.1 Å². The number of aryl methyl sites for hydroxylation is 1. The van der Waals surface area contributed by atoms with E-state index in [0.29, 0.717) is 48.3 Å². The summed E-state index contributed by atoms with van der Waals surface area (Å²) in [7, 11) is 3.11. The Labute approximate surface area is 338 Å². The highest BCUT2D eigenvalue weighted by atomic mass is 16.5. The molecule has 1 saturated carbocycles. The largest absolute Gasteiger partial charge is 0.457 e. The number of esters is 1. The smallest absolute Gasteiger partial charge is 0.329 e. The van der Waals surface area contributed by atoms with Gasteiger partial charge in [0.1, 0.15) is 23.6 Å². The van der Waals surface area contributed by atoms with E-state index in [1.807, 2.05) is 24.3 Å². The van der Waals surface area contributed by atoms with Gasteiger partial charge in [0.2, 0.25) is 23.5 Å². The number of fused-ring (bicyclic) bond motifs is 10. The summed E-state index contributed by atoms with van der Waals surface area (Å²) in [5, 5.41) is 10.5. The van der Waals surface area contributed by atoms with Crippen LogP contribution in [0.3, 0.4) is 0 Å². The highest BCUT2D eigenvalue weighted by Gasteiger charge is 2.37. The minimum absolute atomic E-state index is 0.0704. The van der Waals surface area contributed by atoms with Crippen LogP contribution in [0.25, 0.3) is 0 Å². The molecule has 1 unspecified atom stereocenters. The molecule has 0 aromatic heterocycles. The fraction of sp³-hybridized carbons (Fsp3) is 0.432. The molecule has 1 aliphatic carbocycles. The molecule has 4 N–H and O–H groups in total. The lowest BCUT2D eigenvalue weighted by molar-refractivity contribution is -0.160. The number of carbonyl (C=O) groups is 7. The first-order valence-corrected chi connectivity index (χ1v) is 19.9. The number of nitrogens with one attached hydrogen (secondary N) is 4. The Hall–Kier alpha value is -6.05. The summed E-state index contributed by atoms with van der Waals surface area (Å²) in [5.41, 5.74) is 2.05. The number of carbonyl (C=O) groups excluding carboxylic acids is 7. The van der Waals surface area contributed by atoms with Crippen molar-refractivity contribution < 1.29 is 43.0 Å². The van der Waals surface area contributed by atoms with Gasteiger partial charge in [0.05, 0.1) is 12.6 Å². The Bertz CT molecular complexity index is 1930. The molecule has 3 aromatic carbocycles. The molecule has 0 spiro atoms. The zero-order valence-electron chi connectivity index (χ0n) is 33.3. The van der Waals surface area contributed by atoms with E-state index in [4.69, 9.17) is 9.47 Å². The van der Waals surface area contributed by atoms with Crippen molar-refractivity contribution >= 4 is 41.3 Å². The fourth-order valence-corrected chi connectivity index (χ4v) is 7.18. The Kier molecular flexibility index (Phi) is 15.5. The zero-order valence-corrected chi connectivity index (χ0v) is 33.3. The average molecular weight is 796 g/mol. The molecule has 14 nitrogen and oxygen atoms in total. The van der Waals surface area contributed by atoms with Gasteiger partial charge in [-0.3, -0.25) is 28.8 Å². The molecule has 3 aliphatic rings. The maximum absolute atomic E-state index is 14.1. The van der Waals surface area contributed by atoms with Crippen LogP contribution in [0.15, 0.2) is 78.9 Å². The monoisotopic (exact) mass is 795 g/mol. The van der Waals surface area contributed by atoms with Crippen LogP contribution in [0.5, 0.6) is 11.5 Å². The second-order valence-electron chi connectivity index (χ2n) is 15.0. The number of rotatable bonds is 12. The number of ether oxygens (including phenoxy) is 2. The van der Waals surface area contributed by atoms with Gasteiger partial charge in [0.25, 0.3) is 11.8 Å². The second-order valence-corrected chi connectivity index (χ2v) is 15.0. The van der Waals surface area contributed by atoms with Crippen molar-refractivity contribution in [2.24, 2.45) is 5.92 Å². The Morgan fingerprint density at radius 2 is 1.55 bits per heavy atom. The normalized spacial score (nSPS) is 18.5. The standard InChI is InChI=1S/C44H53N5O9/c1-4-12-34(40(52)42(54)45-27-37(51)48-38(43(55)49(2)3)30-14-7-5-8-15-30)46-41(53)35-26-29-13-11-18-33(25-29)57-32-22-19-28(20-23-32)21-24-36(50)47-39(44(56)58-35)31-16-9-6-10-17-31/h5,7-8,11,13-15,18-20,22-23,25,31,34-35,38-39H,4,6,9-10,12,16-17,21,24,26-27H2,1-3H3,(H,45,54)(H,46,53)(H,47,50)(H,48,51)/t34?,35-,38-,39-/m0/s1. The molecule has 1 fully saturated rings. The summed E-state index contributed by atoms with van der Waals surface area (Å²) in [6.45, 7) is 1.16. The van der Waals surface area contributed by atoms with Crippen LogP contribution in [0.4, 0.5) is 0 Å². The van der Waals surface area contributed by atoms with Crippen molar-refractivity contribution in [2.75, 3.05) is 20.6 Å². The number of nitrogens with zero attached hydrogens (tertiary/aromatic N) is 1. The van der Waals surface area contributed by atoms with Gasteiger partial charge in [-0.25, -0.2) is 4.79 Å². The van der Waals surface area contributed by atoms with E-state index in [-0.39, 0.29) is 31.1 Å². The van der Waals surface area contributed by atoms with E-state index < -0.39 is 66.2 Å². The van der Waals surface area contributed by atoms with Crippen molar-refractivity contribution in [1.82, 2.24) is 26.2 Å². The summed E-state index contributed by atoms with van der Waals surface area (Å²) in [5.74, 6) is -4.25. The molecule has 3 aromatic rings. The molecule has 2 heterocycles. The van der Waals surface area contributed by atoms with Gasteiger partial charge in [-0.1, -0.05) is 87.2 Å². The molecule has 6 rings (SSSR count). The van der Waals surface area contributed by atoms with Gasteiger partial charge < -0.3 is 35.6 Å². The lowest BCUT2D eigenvalue weighted by atomic mass is 9.83. The van der Waals surface area contributed by atoms with Crippen LogP contribution >= 0.6 is 0 Å². The van der Waals surface area contributed by atoms with E-state index in [2.05, 4.69) is 21.3 Å². The zero-order chi connectivity index (χ0) is 41.6. The Morgan fingerprint density at radius 1 is 0.828 bits per heavy atom. The lowest BCUT2D eigenvalue weighted by Crippen LogP contribution is -2.54. The average Bonchev–Trinajstić information content (AvgIpc) is 3.23. The first-order valence-electron chi connectivity index (χ1n) is 19.9. The number of Topliss-reactive ketones (excluding diaryl/α,β-unsaturated/α-hetero) is 1. The van der Waals surface area contributed by atoms with E-state index in [0.717, 1.165) is 24.8 Å². The molecule has 58 heavy (non-hydrogen) atoms. The van der Waals surface area contributed by atoms with Crippen molar-refractivity contribution in [3.05, 3.63) is 95.6 Å². The number of hydrogen-bond donors (Lipinski definition) is 4. The molecule has 0 saturated heterocycles. The van der Waals surface area contributed by atoms with E-state index >= 15 is 0 Å². The van der Waals surface area contributed by atoms with E-state index in [1.54, 1.807) is 75.6 Å². The quantitative estimate of drug-likeness (QED) is 0.156. The molecule has 4 atom stereocenters. The summed E-state index contributed by atoms with van der Waals surface area (Å²) in [6.07, 6.45) is 3.69. The van der Waals surface area contributed by atoms with Gasteiger partial charge in [0.15, 0.2) is 6.10 Å². The predicted octanol–water partition coefficient (Wildman–Crippen LogP) is 3.86. The van der Waals surface area contributed by atoms with E-state index in [9.17, 15) is 33.6 Å². The van der Waals surface area contributed by atoms with Crippen LogP contribution in [0.1, 0.15) is 81.0 Å². The Morgan fingerprint density at radius 3 is 2.24 bits per heavy atom. The molecule has 14 heteroatoms. The SMILES string of the molecule is CCCC(NC(=O)[C@@H]1Cc2cccc(c2)Oc2ccc(cc2)CCC(=O)N[C@@H](C2CCCCC2)C(=O)O1)C(=O)C(=O)NCC(=O)N[C@H](C(=O)N(C)C)c1ccccc1. The maximum atomic E-state index is 14.1. The maximum Gasteiger partial charge on any atom is 0.329 e. The minimum atomic E-state index is -1.45. The molecular formula is C44H53N5O9. The second kappa shape index (κ2) is 20.9. The van der Waals surface area contributed by atoms with Crippen molar-refractivity contribution in [3.8, 4) is 11.5 Å². The first-order chi connectivity index (χ1) is 27.9. The van der Waals surface area contributed by atoms with Crippen molar-refractivity contribution in [3.63, 3.8) is 0 Å². The highest BCUT2D eigenvalue weighted by Crippen LogP contribution is 2.29. The third-order valence-electron chi connectivity index (χ3n) is 10.3. The van der Waals surface area contributed by atoms with Gasteiger partial charge in [-0.15, -0.1) is 0 Å². The molecule has 0 radical (unpaired) electrons. The summed E-state index contributed by atoms with van der Waals surface area (Å²) >= 11 is 0. The topological polar surface area (TPSA) is 189 Å². The number of amides is 5. The van der Waals surface area contributed by atoms with Crippen LogP contribution in [0.2, 0.25) is 0 Å². The third-order valence-corrected chi connectivity index (χ3v) is 10.3. The third kappa shape index (κ3) is 12.2. The molecule has 5 amide bonds. The van der Waals surface area contributed by atoms with Crippen molar-refractivity contribution in [2.45, 2.75) is 95.4 Å². The van der Waals surface area contributed by atoms with Gasteiger partial charge >= 0.3 is 5.97 Å². The first kappa shape index (κ1) is 43.1. The number of hydrogen-bond acceptors (Lipinski definition) is 9. The summed E-state index contributed by atoms with van der Waals surface area (Å²) in [6, 6.07) is 19.6.